The molecule has 7 heteroatoms. The normalized spacial score (nSPS) is 14.0. The highest BCUT2D eigenvalue weighted by Crippen LogP contribution is 2.34. The molecule has 0 saturated heterocycles. The summed E-state index contributed by atoms with van der Waals surface area (Å²) in [4.78, 5) is 4.44. The molecule has 0 amide bonds. The molecule has 0 bridgehead atoms. The number of halogens is 2. The van der Waals surface area contributed by atoms with Crippen molar-refractivity contribution < 1.29 is 14.9 Å². The van der Waals surface area contributed by atoms with Gasteiger partial charge < -0.3 is 20.7 Å². The largest absolute Gasteiger partial charge is 0.507 e. The topological polar surface area (TPSA) is 88.1 Å². The fourth-order valence-electron chi connectivity index (χ4n) is 2.77. The Kier molecular flexibility index (Phi) is 7.11. The Hall–Kier alpha value is -2.85. The van der Waals surface area contributed by atoms with E-state index in [-0.39, 0.29) is 18.1 Å². The molecule has 0 aliphatic heterocycles. The van der Waals surface area contributed by atoms with Crippen LogP contribution in [0.25, 0.3) is 5.57 Å². The molecule has 30 heavy (non-hydrogen) atoms. The number of ether oxygens (including phenoxy) is 1. The summed E-state index contributed by atoms with van der Waals surface area (Å²) < 4.78 is 5.43. The van der Waals surface area contributed by atoms with Crippen molar-refractivity contribution in [2.24, 2.45) is 10.7 Å². The molecule has 2 aromatic rings. The zero-order valence-corrected chi connectivity index (χ0v) is 17.7. The van der Waals surface area contributed by atoms with E-state index >= 15 is 0 Å². The van der Waals surface area contributed by atoms with Crippen molar-refractivity contribution >= 4 is 35.0 Å². The molecule has 1 aliphatic carbocycles. The lowest BCUT2D eigenvalue weighted by atomic mass is 9.98. The fourth-order valence-corrected chi connectivity index (χ4v) is 3.38. The second-order valence-electron chi connectivity index (χ2n) is 6.94. The third-order valence-electron chi connectivity index (χ3n) is 4.60. The van der Waals surface area contributed by atoms with E-state index in [9.17, 15) is 10.2 Å². The molecule has 0 aromatic heterocycles. The summed E-state index contributed by atoms with van der Waals surface area (Å²) in [5.74, 6) is 0.428. The number of phenols is 1. The van der Waals surface area contributed by atoms with E-state index in [1.807, 2.05) is 6.07 Å². The molecule has 0 radical (unpaired) electrons. The van der Waals surface area contributed by atoms with Gasteiger partial charge in [-0.25, -0.2) is 0 Å². The summed E-state index contributed by atoms with van der Waals surface area (Å²) in [6, 6.07) is 8.88. The summed E-state index contributed by atoms with van der Waals surface area (Å²) in [6.07, 6.45) is 5.75. The predicted molar refractivity (Wildman–Crippen MR) is 122 cm³/mol. The Morgan fingerprint density at radius 2 is 1.97 bits per heavy atom. The Morgan fingerprint density at radius 1 is 1.27 bits per heavy atom. The van der Waals surface area contributed by atoms with Gasteiger partial charge in [-0.1, -0.05) is 41.6 Å². The minimum absolute atomic E-state index is 0.0760. The van der Waals surface area contributed by atoms with E-state index in [1.165, 1.54) is 6.20 Å². The van der Waals surface area contributed by atoms with E-state index in [4.69, 9.17) is 33.7 Å². The summed E-state index contributed by atoms with van der Waals surface area (Å²) >= 11 is 12.8. The summed E-state index contributed by atoms with van der Waals surface area (Å²) in [5, 5.41) is 20.6. The van der Waals surface area contributed by atoms with Crippen LogP contribution < -0.4 is 10.5 Å². The van der Waals surface area contributed by atoms with Gasteiger partial charge in [0.25, 0.3) is 0 Å². The quantitative estimate of drug-likeness (QED) is 0.287. The van der Waals surface area contributed by atoms with Gasteiger partial charge in [-0.05, 0) is 48.2 Å². The second-order valence-corrected chi connectivity index (χ2v) is 7.75. The van der Waals surface area contributed by atoms with Crippen molar-refractivity contribution in [3.8, 4) is 11.5 Å². The third kappa shape index (κ3) is 5.61. The van der Waals surface area contributed by atoms with Crippen molar-refractivity contribution in [1.82, 2.24) is 0 Å². The van der Waals surface area contributed by atoms with E-state index in [2.05, 4.69) is 17.3 Å². The number of hydrogen-bond donors (Lipinski definition) is 3. The number of phenolic OH excluding ortho intramolecular Hbond substituents is 1. The third-order valence-corrected chi connectivity index (χ3v) is 5.27. The minimum Gasteiger partial charge on any atom is -0.507 e. The summed E-state index contributed by atoms with van der Waals surface area (Å²) in [5.41, 5.74) is 11.0. The Labute approximate surface area is 185 Å². The first kappa shape index (κ1) is 21.8. The number of allylic oxidation sites excluding steroid dienone is 1. The van der Waals surface area contributed by atoms with Gasteiger partial charge in [-0.2, -0.15) is 0 Å². The van der Waals surface area contributed by atoms with Gasteiger partial charge in [0.05, 0.1) is 6.04 Å². The zero-order chi connectivity index (χ0) is 21.7. The van der Waals surface area contributed by atoms with Crippen LogP contribution in [0.3, 0.4) is 0 Å². The van der Waals surface area contributed by atoms with E-state index in [1.54, 1.807) is 30.5 Å². The molecule has 5 nitrogen and oxygen atoms in total. The molecule has 156 valence electrons. The second kappa shape index (κ2) is 9.77. The van der Waals surface area contributed by atoms with E-state index in [0.29, 0.717) is 39.4 Å². The smallest absolute Gasteiger partial charge is 0.172 e. The Morgan fingerprint density at radius 3 is 2.57 bits per heavy atom. The maximum absolute atomic E-state index is 10.3. The fraction of sp³-hybridized carbons (Fsp3) is 0.217. The summed E-state index contributed by atoms with van der Waals surface area (Å²) in [7, 11) is 0. The SMILES string of the molecule is C=C=C(O)COc1cc(Cl)c(Cc2ccc(O)c(/C(C=NC3CC3)=C/N)c2)c(Cl)c1. The molecule has 0 unspecified atom stereocenters. The van der Waals surface area contributed by atoms with Crippen LogP contribution in [0.15, 0.2) is 59.6 Å². The number of aliphatic hydroxyl groups is 1. The molecule has 4 N–H and O–H groups in total. The number of rotatable bonds is 8. The first-order valence-corrected chi connectivity index (χ1v) is 10.1. The number of nitrogens with zero attached hydrogens (tertiary/aromatic N) is 1. The molecule has 3 rings (SSSR count). The standard InChI is InChI=1S/C23H22Cl2N2O3/c1-2-17(28)13-30-18-9-21(24)20(22(25)10-18)8-14-3-6-23(29)19(7-14)15(11-26)12-27-16-4-5-16/h3,6-7,9-12,16,28-29H,1,4-5,8,13,26H2/b15-11+,27-12?. The maximum Gasteiger partial charge on any atom is 0.172 e. The Balaban J connectivity index is 1.83. The lowest BCUT2D eigenvalue weighted by Crippen LogP contribution is -2.01. The van der Waals surface area contributed by atoms with Crippen LogP contribution in [0.1, 0.15) is 29.5 Å². The lowest BCUT2D eigenvalue weighted by molar-refractivity contribution is 0.271. The number of aromatic hydroxyl groups is 1. The highest BCUT2D eigenvalue weighted by Gasteiger charge is 2.19. The van der Waals surface area contributed by atoms with Crippen LogP contribution in [0.2, 0.25) is 10.0 Å². The van der Waals surface area contributed by atoms with E-state index in [0.717, 1.165) is 24.0 Å². The monoisotopic (exact) mass is 444 g/mol. The molecule has 0 atom stereocenters. The minimum atomic E-state index is -0.114. The summed E-state index contributed by atoms with van der Waals surface area (Å²) in [6.45, 7) is 3.27. The molecule has 1 fully saturated rings. The Bertz CT molecular complexity index is 1030. The van der Waals surface area contributed by atoms with Gasteiger partial charge in [0.2, 0.25) is 0 Å². The number of aliphatic hydroxyl groups excluding tert-OH is 1. The lowest BCUT2D eigenvalue weighted by Gasteiger charge is -2.13. The maximum atomic E-state index is 10.3. The molecule has 1 aliphatic rings. The highest BCUT2D eigenvalue weighted by atomic mass is 35.5. The van der Waals surface area contributed by atoms with Crippen LogP contribution in [0.4, 0.5) is 0 Å². The van der Waals surface area contributed by atoms with Crippen LogP contribution >= 0.6 is 23.2 Å². The van der Waals surface area contributed by atoms with Crippen molar-refractivity contribution in [2.75, 3.05) is 6.61 Å². The number of hydrogen-bond acceptors (Lipinski definition) is 5. The molecular formula is C23H22Cl2N2O3. The number of nitrogens with two attached hydrogens (primary N) is 1. The first-order chi connectivity index (χ1) is 14.4. The van der Waals surface area contributed by atoms with Crippen LogP contribution in [0, 0.1) is 0 Å². The molecule has 2 aromatic carbocycles. The number of benzene rings is 2. The van der Waals surface area contributed by atoms with Gasteiger partial charge in [0.15, 0.2) is 12.4 Å². The zero-order valence-electron chi connectivity index (χ0n) is 16.2. The number of aliphatic imine (C=N–C) groups is 1. The van der Waals surface area contributed by atoms with Crippen LogP contribution in [-0.2, 0) is 6.42 Å². The van der Waals surface area contributed by atoms with Gasteiger partial charge in [-0.15, -0.1) is 0 Å². The van der Waals surface area contributed by atoms with Gasteiger partial charge >= 0.3 is 0 Å². The van der Waals surface area contributed by atoms with E-state index < -0.39 is 0 Å². The van der Waals surface area contributed by atoms with Crippen molar-refractivity contribution in [1.29, 1.82) is 0 Å². The van der Waals surface area contributed by atoms with Crippen molar-refractivity contribution in [2.45, 2.75) is 25.3 Å². The predicted octanol–water partition coefficient (Wildman–Crippen LogP) is 5.43. The highest BCUT2D eigenvalue weighted by molar-refractivity contribution is 6.36. The molecule has 0 spiro atoms. The van der Waals surface area contributed by atoms with Crippen molar-refractivity contribution in [3.05, 3.63) is 81.3 Å². The average molecular weight is 445 g/mol. The van der Waals surface area contributed by atoms with Crippen LogP contribution in [-0.4, -0.2) is 29.1 Å². The molecule has 1 saturated carbocycles. The van der Waals surface area contributed by atoms with Gasteiger partial charge in [-0.3, -0.25) is 4.99 Å². The average Bonchev–Trinajstić information content (AvgIpc) is 3.55. The van der Waals surface area contributed by atoms with Crippen LogP contribution in [0.5, 0.6) is 11.5 Å². The first-order valence-electron chi connectivity index (χ1n) is 9.37. The molecular weight excluding hydrogens is 423 g/mol. The van der Waals surface area contributed by atoms with Crippen molar-refractivity contribution in [3.63, 3.8) is 0 Å². The van der Waals surface area contributed by atoms with Gasteiger partial charge in [0, 0.05) is 40.0 Å². The molecule has 0 heterocycles. The van der Waals surface area contributed by atoms with Gasteiger partial charge in [0.1, 0.15) is 11.5 Å².